The Labute approximate surface area is 183 Å². The molecule has 0 amide bonds. The van der Waals surface area contributed by atoms with Crippen molar-refractivity contribution in [3.63, 3.8) is 0 Å². The highest BCUT2D eigenvalue weighted by Crippen LogP contribution is 2.42. The summed E-state index contributed by atoms with van der Waals surface area (Å²) >= 11 is 24.7. The summed E-state index contributed by atoms with van der Waals surface area (Å²) < 4.78 is 10.5. The van der Waals surface area contributed by atoms with E-state index in [0.717, 1.165) is 0 Å². The zero-order valence-electron chi connectivity index (χ0n) is 15.2. The van der Waals surface area contributed by atoms with Crippen LogP contribution in [0.3, 0.4) is 0 Å². The number of halogens is 4. The molecule has 4 nitrogen and oxygen atoms in total. The van der Waals surface area contributed by atoms with E-state index in [2.05, 4.69) is 0 Å². The summed E-state index contributed by atoms with van der Waals surface area (Å²) in [5, 5.41) is 1.25. The first-order valence-corrected chi connectivity index (χ1v) is 10.0. The number of esters is 2. The molecule has 2 aromatic rings. The molecule has 0 spiro atoms. The monoisotopic (exact) mass is 462 g/mol. The molecule has 0 bridgehead atoms. The lowest BCUT2D eigenvalue weighted by molar-refractivity contribution is -0.153. The minimum atomic E-state index is -1.08. The molecule has 0 saturated carbocycles. The second-order valence-electron chi connectivity index (χ2n) is 5.79. The molecular weight excluding hydrogens is 446 g/mol. The van der Waals surface area contributed by atoms with Crippen molar-refractivity contribution in [2.45, 2.75) is 25.7 Å². The van der Waals surface area contributed by atoms with E-state index >= 15 is 0 Å². The number of benzene rings is 2. The first kappa shape index (κ1) is 22.8. The van der Waals surface area contributed by atoms with Crippen molar-refractivity contribution in [1.82, 2.24) is 0 Å². The lowest BCUT2D eigenvalue weighted by atomic mass is 9.81. The molecular formula is C20H18Cl4O4. The third kappa shape index (κ3) is 5.32. The van der Waals surface area contributed by atoms with E-state index in [0.29, 0.717) is 21.2 Å². The van der Waals surface area contributed by atoms with E-state index in [9.17, 15) is 9.59 Å². The van der Waals surface area contributed by atoms with Crippen LogP contribution in [0.15, 0.2) is 36.4 Å². The molecule has 2 aromatic carbocycles. The van der Waals surface area contributed by atoms with Crippen LogP contribution >= 0.6 is 46.4 Å². The minimum Gasteiger partial charge on any atom is -0.465 e. The van der Waals surface area contributed by atoms with Crippen LogP contribution in [0.4, 0.5) is 0 Å². The Kier molecular flexibility index (Phi) is 8.44. The molecule has 0 heterocycles. The summed E-state index contributed by atoms with van der Waals surface area (Å²) in [6.45, 7) is 3.61. The zero-order valence-corrected chi connectivity index (χ0v) is 18.2. The number of ether oxygens (including phenoxy) is 2. The second kappa shape index (κ2) is 10.4. The van der Waals surface area contributed by atoms with Crippen molar-refractivity contribution in [3.05, 3.63) is 67.6 Å². The van der Waals surface area contributed by atoms with E-state index in [1.165, 1.54) is 12.1 Å². The number of hydrogen-bond acceptors (Lipinski definition) is 4. The number of carbonyl (C=O) groups is 2. The van der Waals surface area contributed by atoms with Gasteiger partial charge in [-0.05, 0) is 49.2 Å². The van der Waals surface area contributed by atoms with Crippen molar-refractivity contribution in [1.29, 1.82) is 0 Å². The van der Waals surface area contributed by atoms with Crippen molar-refractivity contribution in [3.8, 4) is 0 Å². The normalized spacial score (nSPS) is 12.9. The van der Waals surface area contributed by atoms with Crippen LogP contribution in [0.25, 0.3) is 0 Å². The maximum Gasteiger partial charge on any atom is 0.314 e. The van der Waals surface area contributed by atoms with Gasteiger partial charge in [-0.2, -0.15) is 0 Å². The second-order valence-corrected chi connectivity index (χ2v) is 7.48. The van der Waals surface area contributed by atoms with Crippen molar-refractivity contribution in [2.75, 3.05) is 13.2 Å². The van der Waals surface area contributed by atoms with Gasteiger partial charge < -0.3 is 9.47 Å². The third-order valence-corrected chi connectivity index (χ3v) is 5.13. The minimum absolute atomic E-state index is 0.129. The number of rotatable bonds is 7. The van der Waals surface area contributed by atoms with Gasteiger partial charge in [0.25, 0.3) is 0 Å². The summed E-state index contributed by atoms with van der Waals surface area (Å²) in [5.41, 5.74) is 0.766. The largest absolute Gasteiger partial charge is 0.465 e. The predicted octanol–water partition coefficient (Wildman–Crippen LogP) is 6.29. The molecule has 0 aliphatic heterocycles. The molecule has 0 fully saturated rings. The molecule has 2 rings (SSSR count). The van der Waals surface area contributed by atoms with Crippen LogP contribution in [-0.4, -0.2) is 25.2 Å². The smallest absolute Gasteiger partial charge is 0.314 e. The summed E-state index contributed by atoms with van der Waals surface area (Å²) in [5.74, 6) is -3.42. The van der Waals surface area contributed by atoms with E-state index in [-0.39, 0.29) is 23.3 Å². The molecule has 0 N–H and O–H groups in total. The summed E-state index contributed by atoms with van der Waals surface area (Å²) in [6.07, 6.45) is 0. The van der Waals surface area contributed by atoms with E-state index in [4.69, 9.17) is 55.9 Å². The topological polar surface area (TPSA) is 52.6 Å². The molecule has 0 aliphatic carbocycles. The quantitative estimate of drug-likeness (QED) is 0.452. The van der Waals surface area contributed by atoms with Gasteiger partial charge >= 0.3 is 11.9 Å². The highest BCUT2D eigenvalue weighted by atomic mass is 35.5. The molecule has 0 aliphatic rings. The van der Waals surface area contributed by atoms with Crippen molar-refractivity contribution in [2.24, 2.45) is 0 Å². The zero-order chi connectivity index (χ0) is 20.8. The summed E-state index contributed by atoms with van der Waals surface area (Å²) in [7, 11) is 0. The molecule has 8 heteroatoms. The number of carbonyl (C=O) groups excluding carboxylic acids is 2. The van der Waals surface area contributed by atoms with E-state index in [1.807, 2.05) is 0 Å². The van der Waals surface area contributed by atoms with Crippen molar-refractivity contribution < 1.29 is 19.1 Å². The molecule has 0 aromatic heterocycles. The van der Waals surface area contributed by atoms with Gasteiger partial charge in [0, 0.05) is 20.1 Å². The first-order chi connectivity index (χ1) is 13.3. The predicted molar refractivity (Wildman–Crippen MR) is 112 cm³/mol. The summed E-state index contributed by atoms with van der Waals surface area (Å²) in [6, 6.07) is 9.33. The first-order valence-electron chi connectivity index (χ1n) is 8.53. The van der Waals surface area contributed by atoms with E-state index in [1.54, 1.807) is 38.1 Å². The van der Waals surface area contributed by atoms with E-state index < -0.39 is 23.8 Å². The summed E-state index contributed by atoms with van der Waals surface area (Å²) in [4.78, 5) is 25.8. The van der Waals surface area contributed by atoms with Crippen LogP contribution in [0.2, 0.25) is 20.1 Å². The fourth-order valence-corrected chi connectivity index (χ4v) is 3.91. The van der Waals surface area contributed by atoms with Crippen LogP contribution in [0.1, 0.15) is 36.8 Å². The van der Waals surface area contributed by atoms with Crippen LogP contribution < -0.4 is 0 Å². The van der Waals surface area contributed by atoms with Gasteiger partial charge in [-0.3, -0.25) is 9.59 Å². The lowest BCUT2D eigenvalue weighted by Gasteiger charge is -2.26. The SMILES string of the molecule is CCOC(=O)C(c1ccc(Cl)cc1Cl)C(C(=O)OCC)c1ccc(Cl)cc1Cl. The van der Waals surface area contributed by atoms with Crippen LogP contribution in [0.5, 0.6) is 0 Å². The van der Waals surface area contributed by atoms with Gasteiger partial charge in [0.15, 0.2) is 0 Å². The molecule has 28 heavy (non-hydrogen) atoms. The molecule has 0 saturated heterocycles. The fraction of sp³-hybridized carbons (Fsp3) is 0.300. The van der Waals surface area contributed by atoms with Gasteiger partial charge in [-0.25, -0.2) is 0 Å². The van der Waals surface area contributed by atoms with Gasteiger partial charge in [0.1, 0.15) is 11.8 Å². The van der Waals surface area contributed by atoms with Gasteiger partial charge in [-0.15, -0.1) is 0 Å². The highest BCUT2D eigenvalue weighted by molar-refractivity contribution is 6.36. The maximum absolute atomic E-state index is 12.9. The standard InChI is InChI=1S/C20H18Cl4O4/c1-3-27-19(25)17(13-7-5-11(21)9-15(13)23)18(20(26)28-4-2)14-8-6-12(22)10-16(14)24/h5-10,17-18H,3-4H2,1-2H3. The third-order valence-electron chi connectivity index (χ3n) is 4.01. The average molecular weight is 464 g/mol. The maximum atomic E-state index is 12.9. The average Bonchev–Trinajstić information content (AvgIpc) is 2.61. The Morgan fingerprint density at radius 2 is 1.11 bits per heavy atom. The lowest BCUT2D eigenvalue weighted by Crippen LogP contribution is -2.30. The van der Waals surface area contributed by atoms with Gasteiger partial charge in [-0.1, -0.05) is 58.5 Å². The Hall–Kier alpha value is -1.46. The molecule has 0 radical (unpaired) electrons. The molecule has 2 unspecified atom stereocenters. The Balaban J connectivity index is 2.70. The number of hydrogen-bond donors (Lipinski definition) is 0. The fourth-order valence-electron chi connectivity index (χ4n) is 2.86. The van der Waals surface area contributed by atoms with Gasteiger partial charge in [0.05, 0.1) is 13.2 Å². The van der Waals surface area contributed by atoms with Crippen LogP contribution in [-0.2, 0) is 19.1 Å². The Morgan fingerprint density at radius 3 is 1.39 bits per heavy atom. The van der Waals surface area contributed by atoms with Crippen molar-refractivity contribution >= 4 is 58.3 Å². The Bertz CT molecular complexity index is 798. The highest BCUT2D eigenvalue weighted by Gasteiger charge is 2.40. The van der Waals surface area contributed by atoms with Gasteiger partial charge in [0.2, 0.25) is 0 Å². The molecule has 150 valence electrons. The Morgan fingerprint density at radius 1 is 0.750 bits per heavy atom. The molecule has 2 atom stereocenters. The van der Waals surface area contributed by atoms with Crippen LogP contribution in [0, 0.1) is 0 Å².